The molecule has 0 saturated heterocycles. The summed E-state index contributed by atoms with van der Waals surface area (Å²) in [4.78, 5) is 4.07. The molecule has 0 amide bonds. The van der Waals surface area contributed by atoms with Crippen LogP contribution in [0.3, 0.4) is 0 Å². The number of aromatic nitrogens is 1. The van der Waals surface area contributed by atoms with E-state index in [-0.39, 0.29) is 11.4 Å². The number of rotatable bonds is 5. The van der Waals surface area contributed by atoms with Gasteiger partial charge in [0.2, 0.25) is 10.0 Å². The predicted molar refractivity (Wildman–Crippen MR) is 68.3 cm³/mol. The van der Waals surface area contributed by atoms with Crippen LogP contribution in [0.15, 0.2) is 40.2 Å². The Morgan fingerprint density at radius 2 is 2.21 bits per heavy atom. The second kappa shape index (κ2) is 5.41. The summed E-state index contributed by atoms with van der Waals surface area (Å²) in [5.41, 5.74) is 1.14. The van der Waals surface area contributed by atoms with Gasteiger partial charge in [0, 0.05) is 0 Å². The molecule has 0 fully saturated rings. The molecule has 0 aliphatic carbocycles. The van der Waals surface area contributed by atoms with Gasteiger partial charge in [0.15, 0.2) is 6.39 Å². The van der Waals surface area contributed by atoms with Crippen molar-refractivity contribution in [2.45, 2.75) is 18.4 Å². The first-order chi connectivity index (χ1) is 9.03. The molecule has 7 heteroatoms. The van der Waals surface area contributed by atoms with Crippen LogP contribution in [0.25, 0.3) is 0 Å². The molecule has 102 valence electrons. The molecule has 0 aliphatic rings. The molecular formula is C12H14N2O4S. The molecule has 2 rings (SSSR count). The number of nitrogens with zero attached hydrogens (tertiary/aromatic N) is 1. The van der Waals surface area contributed by atoms with Crippen molar-refractivity contribution in [1.82, 2.24) is 9.71 Å². The summed E-state index contributed by atoms with van der Waals surface area (Å²) < 4.78 is 36.6. The summed E-state index contributed by atoms with van der Waals surface area (Å²) >= 11 is 0. The zero-order valence-corrected chi connectivity index (χ0v) is 11.4. The van der Waals surface area contributed by atoms with E-state index in [4.69, 9.17) is 9.15 Å². The molecule has 0 aliphatic heterocycles. The lowest BCUT2D eigenvalue weighted by molar-refractivity contribution is 0.414. The van der Waals surface area contributed by atoms with Crippen LogP contribution in [0.4, 0.5) is 0 Å². The van der Waals surface area contributed by atoms with Crippen molar-refractivity contribution in [3.05, 3.63) is 42.1 Å². The molecule has 1 aromatic carbocycles. The average Bonchev–Trinajstić information content (AvgIpc) is 2.89. The number of oxazole rings is 1. The van der Waals surface area contributed by atoms with Crippen LogP contribution in [0.2, 0.25) is 0 Å². The Morgan fingerprint density at radius 1 is 1.42 bits per heavy atom. The summed E-state index contributed by atoms with van der Waals surface area (Å²) in [6.45, 7) is 1.80. The smallest absolute Gasteiger partial charge is 0.241 e. The maximum atomic E-state index is 12.1. The van der Waals surface area contributed by atoms with Crippen molar-refractivity contribution in [3.8, 4) is 5.75 Å². The number of aryl methyl sites for hydroxylation is 1. The first-order valence-corrected chi connectivity index (χ1v) is 7.02. The fraction of sp³-hybridized carbons (Fsp3) is 0.250. The molecule has 2 aromatic rings. The number of methoxy groups -OCH3 is 1. The van der Waals surface area contributed by atoms with Crippen LogP contribution < -0.4 is 9.46 Å². The molecule has 1 aromatic heterocycles. The molecule has 0 atom stereocenters. The fourth-order valence-corrected chi connectivity index (χ4v) is 2.85. The lowest BCUT2D eigenvalue weighted by Crippen LogP contribution is -2.24. The first-order valence-electron chi connectivity index (χ1n) is 5.54. The topological polar surface area (TPSA) is 81.4 Å². The second-order valence-electron chi connectivity index (χ2n) is 3.94. The van der Waals surface area contributed by atoms with Gasteiger partial charge in [0.1, 0.15) is 12.0 Å². The summed E-state index contributed by atoms with van der Waals surface area (Å²) in [5, 5.41) is 0. The van der Waals surface area contributed by atoms with E-state index in [2.05, 4.69) is 9.71 Å². The molecule has 0 bridgehead atoms. The fourth-order valence-electron chi connectivity index (χ4n) is 1.62. The Bertz CT molecular complexity index is 650. The molecular weight excluding hydrogens is 268 g/mol. The van der Waals surface area contributed by atoms with Crippen LogP contribution >= 0.6 is 0 Å². The van der Waals surface area contributed by atoms with Gasteiger partial charge < -0.3 is 9.15 Å². The largest absolute Gasteiger partial charge is 0.497 e. The Labute approximate surface area is 111 Å². The van der Waals surface area contributed by atoms with Crippen LogP contribution in [0, 0.1) is 6.92 Å². The van der Waals surface area contributed by atoms with E-state index in [1.54, 1.807) is 19.1 Å². The predicted octanol–water partition coefficient (Wildman–Crippen LogP) is 1.47. The molecule has 1 N–H and O–H groups in total. The van der Waals surface area contributed by atoms with E-state index in [0.717, 1.165) is 0 Å². The highest BCUT2D eigenvalue weighted by Gasteiger charge is 2.17. The lowest BCUT2D eigenvalue weighted by Gasteiger charge is -2.09. The third-order valence-corrected chi connectivity index (χ3v) is 4.16. The van der Waals surface area contributed by atoms with E-state index >= 15 is 0 Å². The van der Waals surface area contributed by atoms with E-state index in [1.807, 2.05) is 0 Å². The summed E-state index contributed by atoms with van der Waals surface area (Å²) in [6, 6.07) is 4.79. The molecule has 0 saturated carbocycles. The minimum Gasteiger partial charge on any atom is -0.497 e. The maximum absolute atomic E-state index is 12.1. The Balaban J connectivity index is 2.19. The number of sulfonamides is 1. The number of ether oxygens (including phenoxy) is 1. The highest BCUT2D eigenvalue weighted by atomic mass is 32.2. The Morgan fingerprint density at radius 3 is 2.79 bits per heavy atom. The van der Waals surface area contributed by atoms with Crippen molar-refractivity contribution in [1.29, 1.82) is 0 Å². The summed E-state index contributed by atoms with van der Waals surface area (Å²) in [5.74, 6) is 0.618. The zero-order valence-electron chi connectivity index (χ0n) is 10.6. The van der Waals surface area contributed by atoms with Crippen LogP contribution in [0.1, 0.15) is 11.3 Å². The van der Waals surface area contributed by atoms with Gasteiger partial charge in [-0.1, -0.05) is 0 Å². The molecule has 6 nitrogen and oxygen atoms in total. The number of hydrogen-bond donors (Lipinski definition) is 1. The average molecular weight is 282 g/mol. The first kappa shape index (κ1) is 13.6. The SMILES string of the molecule is COc1ccc(S(=O)(=O)NCc2cocn2)c(C)c1. The highest BCUT2D eigenvalue weighted by molar-refractivity contribution is 7.89. The summed E-state index contributed by atoms with van der Waals surface area (Å²) in [7, 11) is -2.05. The molecule has 0 spiro atoms. The van der Waals surface area contributed by atoms with Crippen LogP contribution in [-0.2, 0) is 16.6 Å². The number of nitrogens with one attached hydrogen (secondary N) is 1. The van der Waals surface area contributed by atoms with Gasteiger partial charge >= 0.3 is 0 Å². The van der Waals surface area contributed by atoms with E-state index in [0.29, 0.717) is 17.0 Å². The standard InChI is InChI=1S/C12H14N2O4S/c1-9-5-11(17-2)3-4-12(9)19(15,16)14-6-10-7-18-8-13-10/h3-5,7-8,14H,6H2,1-2H3. The highest BCUT2D eigenvalue weighted by Crippen LogP contribution is 2.20. The Kier molecular flexibility index (Phi) is 3.87. The lowest BCUT2D eigenvalue weighted by atomic mass is 10.2. The third kappa shape index (κ3) is 3.12. The van der Waals surface area contributed by atoms with Gasteiger partial charge in [-0.25, -0.2) is 18.1 Å². The minimum atomic E-state index is -3.58. The van der Waals surface area contributed by atoms with Gasteiger partial charge in [-0.15, -0.1) is 0 Å². The van der Waals surface area contributed by atoms with Gasteiger partial charge in [-0.05, 0) is 30.7 Å². The zero-order chi connectivity index (χ0) is 13.9. The van der Waals surface area contributed by atoms with E-state index < -0.39 is 10.0 Å². The normalized spacial score (nSPS) is 11.5. The minimum absolute atomic E-state index is 0.0876. The van der Waals surface area contributed by atoms with Crippen molar-refractivity contribution >= 4 is 10.0 Å². The van der Waals surface area contributed by atoms with Crippen molar-refractivity contribution in [2.75, 3.05) is 7.11 Å². The molecule has 1 heterocycles. The molecule has 0 unspecified atom stereocenters. The van der Waals surface area contributed by atoms with Gasteiger partial charge in [-0.3, -0.25) is 0 Å². The van der Waals surface area contributed by atoms with Crippen molar-refractivity contribution in [2.24, 2.45) is 0 Å². The van der Waals surface area contributed by atoms with Gasteiger partial charge in [0.05, 0.1) is 24.2 Å². The van der Waals surface area contributed by atoms with Crippen LogP contribution in [-0.4, -0.2) is 20.5 Å². The quantitative estimate of drug-likeness (QED) is 0.898. The maximum Gasteiger partial charge on any atom is 0.241 e. The van der Waals surface area contributed by atoms with Gasteiger partial charge in [-0.2, -0.15) is 0 Å². The molecule has 0 radical (unpaired) electrons. The number of hydrogen-bond acceptors (Lipinski definition) is 5. The summed E-state index contributed by atoms with van der Waals surface area (Å²) in [6.07, 6.45) is 2.64. The van der Waals surface area contributed by atoms with Crippen molar-refractivity contribution in [3.63, 3.8) is 0 Å². The van der Waals surface area contributed by atoms with E-state index in [9.17, 15) is 8.42 Å². The van der Waals surface area contributed by atoms with Crippen LogP contribution in [0.5, 0.6) is 5.75 Å². The molecule has 19 heavy (non-hydrogen) atoms. The third-order valence-electron chi connectivity index (χ3n) is 2.60. The van der Waals surface area contributed by atoms with Gasteiger partial charge in [0.25, 0.3) is 0 Å². The Hall–Kier alpha value is -1.86. The second-order valence-corrected chi connectivity index (χ2v) is 5.67. The van der Waals surface area contributed by atoms with Crippen molar-refractivity contribution < 1.29 is 17.6 Å². The van der Waals surface area contributed by atoms with E-state index in [1.165, 1.54) is 25.8 Å². The number of benzene rings is 1. The monoisotopic (exact) mass is 282 g/mol.